The van der Waals surface area contributed by atoms with Gasteiger partial charge in [-0.2, -0.15) is 9.97 Å². The maximum Gasteiger partial charge on any atom is 0.328 e. The van der Waals surface area contributed by atoms with E-state index in [1.807, 2.05) is 11.8 Å². The molecule has 7 rings (SSSR count). The van der Waals surface area contributed by atoms with Crippen LogP contribution in [0.15, 0.2) is 30.5 Å². The number of anilines is 1. The number of rotatable bonds is 7. The van der Waals surface area contributed by atoms with Gasteiger partial charge in [-0.05, 0) is 85.5 Å². The van der Waals surface area contributed by atoms with Gasteiger partial charge in [0.05, 0.1) is 18.0 Å². The highest BCUT2D eigenvalue weighted by atomic mass is 19.1. The standard InChI is InChI=1S/C34H37F2N5O4/c1-4-22-25(35)9-8-20-13-21(42)14-23(27(20)22)29-28(36)30-24(16-37-29)31(41-12-5-7-26(41)32(43)44-3)39-33(38-30)45-18-34-10-6-11-40(34)17-19(2)15-34/h8-9,13-14,16,19,26,42H,4-7,10-12,15,17-18H2,1-3H3/t19-,26+,34+/m1/s1. The number of esters is 1. The van der Waals surface area contributed by atoms with Gasteiger partial charge in [0.25, 0.3) is 0 Å². The lowest BCUT2D eigenvalue weighted by atomic mass is 9.92. The molecule has 5 heterocycles. The normalized spacial score (nSPS) is 23.3. The average molecular weight is 618 g/mol. The largest absolute Gasteiger partial charge is 0.508 e. The van der Waals surface area contributed by atoms with E-state index < -0.39 is 23.6 Å². The molecule has 45 heavy (non-hydrogen) atoms. The molecule has 3 atom stereocenters. The molecule has 0 amide bonds. The first kappa shape index (κ1) is 29.6. The van der Waals surface area contributed by atoms with Crippen molar-refractivity contribution in [2.75, 3.05) is 38.3 Å². The molecule has 0 bridgehead atoms. The Morgan fingerprint density at radius 1 is 1.18 bits per heavy atom. The second-order valence-corrected chi connectivity index (χ2v) is 12.7. The van der Waals surface area contributed by atoms with E-state index >= 15 is 4.39 Å². The molecule has 0 spiro atoms. The van der Waals surface area contributed by atoms with Crippen molar-refractivity contribution in [2.45, 2.75) is 64.0 Å². The Labute approximate surface area is 260 Å². The van der Waals surface area contributed by atoms with E-state index in [4.69, 9.17) is 14.5 Å². The second-order valence-electron chi connectivity index (χ2n) is 12.7. The molecular weight excluding hydrogens is 580 g/mol. The first-order chi connectivity index (χ1) is 21.7. The van der Waals surface area contributed by atoms with Crippen LogP contribution in [0.2, 0.25) is 0 Å². The fraction of sp³-hybridized carbons (Fsp3) is 0.471. The number of ether oxygens (including phenoxy) is 2. The average Bonchev–Trinajstić information content (AvgIpc) is 3.74. The Morgan fingerprint density at radius 2 is 2.02 bits per heavy atom. The minimum absolute atomic E-state index is 0.0194. The van der Waals surface area contributed by atoms with Crippen LogP contribution in [-0.2, 0) is 16.0 Å². The number of methoxy groups -OCH3 is 1. The number of hydrogen-bond donors (Lipinski definition) is 1. The molecular formula is C34H37F2N5O4. The third kappa shape index (κ3) is 4.92. The van der Waals surface area contributed by atoms with Crippen molar-refractivity contribution >= 4 is 33.5 Å². The van der Waals surface area contributed by atoms with E-state index in [1.165, 1.54) is 31.5 Å². The number of pyridine rings is 1. The molecule has 3 saturated heterocycles. The zero-order chi connectivity index (χ0) is 31.5. The highest BCUT2D eigenvalue weighted by Gasteiger charge is 2.48. The fourth-order valence-electron chi connectivity index (χ4n) is 7.95. The van der Waals surface area contributed by atoms with Gasteiger partial charge >= 0.3 is 12.0 Å². The molecule has 0 radical (unpaired) electrons. The predicted molar refractivity (Wildman–Crippen MR) is 166 cm³/mol. The van der Waals surface area contributed by atoms with Crippen LogP contribution in [0.5, 0.6) is 11.8 Å². The zero-order valence-corrected chi connectivity index (χ0v) is 25.8. The summed E-state index contributed by atoms with van der Waals surface area (Å²) in [5, 5.41) is 11.9. The lowest BCUT2D eigenvalue weighted by Crippen LogP contribution is -2.43. The van der Waals surface area contributed by atoms with Gasteiger partial charge in [-0.15, -0.1) is 0 Å². The fourth-order valence-corrected chi connectivity index (χ4v) is 7.95. The number of carbonyl (C=O) groups is 1. The summed E-state index contributed by atoms with van der Waals surface area (Å²) in [6, 6.07) is 5.27. The van der Waals surface area contributed by atoms with E-state index in [2.05, 4.69) is 21.8 Å². The third-order valence-electron chi connectivity index (χ3n) is 9.87. The second kappa shape index (κ2) is 11.3. The van der Waals surface area contributed by atoms with Crippen molar-refractivity contribution < 1.29 is 28.2 Å². The van der Waals surface area contributed by atoms with Gasteiger partial charge in [0.2, 0.25) is 0 Å². The van der Waals surface area contributed by atoms with Crippen LogP contribution < -0.4 is 9.64 Å². The van der Waals surface area contributed by atoms with Crippen molar-refractivity contribution in [1.82, 2.24) is 19.9 Å². The summed E-state index contributed by atoms with van der Waals surface area (Å²) in [5.41, 5.74) is 0.457. The summed E-state index contributed by atoms with van der Waals surface area (Å²) >= 11 is 0. The monoisotopic (exact) mass is 617 g/mol. The van der Waals surface area contributed by atoms with E-state index in [-0.39, 0.29) is 34.1 Å². The molecule has 3 aliphatic heterocycles. The van der Waals surface area contributed by atoms with Gasteiger partial charge in [0.1, 0.15) is 41.2 Å². The van der Waals surface area contributed by atoms with Crippen LogP contribution in [0, 0.1) is 17.6 Å². The first-order valence-electron chi connectivity index (χ1n) is 15.8. The summed E-state index contributed by atoms with van der Waals surface area (Å²) in [4.78, 5) is 30.9. The summed E-state index contributed by atoms with van der Waals surface area (Å²) in [7, 11) is 1.35. The first-order valence-corrected chi connectivity index (χ1v) is 15.8. The third-order valence-corrected chi connectivity index (χ3v) is 9.87. The van der Waals surface area contributed by atoms with Crippen molar-refractivity contribution in [2.24, 2.45) is 5.92 Å². The number of aromatic hydroxyl groups is 1. The number of phenolic OH excluding ortho intramolecular Hbond substituents is 1. The van der Waals surface area contributed by atoms with Gasteiger partial charge in [0.15, 0.2) is 5.82 Å². The molecule has 3 fully saturated rings. The zero-order valence-electron chi connectivity index (χ0n) is 25.8. The van der Waals surface area contributed by atoms with Crippen molar-refractivity contribution in [3.05, 3.63) is 47.7 Å². The number of benzene rings is 2. The smallest absolute Gasteiger partial charge is 0.328 e. The van der Waals surface area contributed by atoms with Gasteiger partial charge < -0.3 is 19.5 Å². The Hall–Kier alpha value is -4.12. The van der Waals surface area contributed by atoms with Gasteiger partial charge in [-0.3, -0.25) is 9.88 Å². The number of hydrogen-bond acceptors (Lipinski definition) is 9. The van der Waals surface area contributed by atoms with Gasteiger partial charge in [0, 0.05) is 24.8 Å². The molecule has 0 unspecified atom stereocenters. The Balaban J connectivity index is 1.39. The molecule has 0 aliphatic carbocycles. The summed E-state index contributed by atoms with van der Waals surface area (Å²) < 4.78 is 43.2. The minimum Gasteiger partial charge on any atom is -0.508 e. The maximum absolute atomic E-state index is 16.8. The van der Waals surface area contributed by atoms with Crippen LogP contribution >= 0.6 is 0 Å². The van der Waals surface area contributed by atoms with Gasteiger partial charge in [-0.25, -0.2) is 13.6 Å². The lowest BCUT2D eigenvalue weighted by molar-refractivity contribution is -0.141. The highest BCUT2D eigenvalue weighted by molar-refractivity contribution is 6.02. The highest BCUT2D eigenvalue weighted by Crippen LogP contribution is 2.43. The Kier molecular flexibility index (Phi) is 7.46. The number of carbonyl (C=O) groups excluding carboxylic acids is 1. The molecule has 3 aliphatic rings. The number of nitrogens with zero attached hydrogens (tertiary/aromatic N) is 5. The number of aromatic nitrogens is 3. The quantitative estimate of drug-likeness (QED) is 0.259. The summed E-state index contributed by atoms with van der Waals surface area (Å²) in [6.07, 6.45) is 6.25. The number of phenols is 1. The van der Waals surface area contributed by atoms with Crippen LogP contribution in [0.3, 0.4) is 0 Å². The van der Waals surface area contributed by atoms with E-state index in [0.717, 1.165) is 38.8 Å². The van der Waals surface area contributed by atoms with Gasteiger partial charge in [-0.1, -0.05) is 19.9 Å². The van der Waals surface area contributed by atoms with Crippen molar-refractivity contribution in [3.63, 3.8) is 0 Å². The lowest BCUT2D eigenvalue weighted by Gasteiger charge is -2.31. The minimum atomic E-state index is -0.747. The molecule has 4 aromatic rings. The van der Waals surface area contributed by atoms with E-state index in [1.54, 1.807) is 6.07 Å². The topological polar surface area (TPSA) is 101 Å². The maximum atomic E-state index is 16.8. The molecule has 0 saturated carbocycles. The Morgan fingerprint density at radius 3 is 2.82 bits per heavy atom. The summed E-state index contributed by atoms with van der Waals surface area (Å²) in [5.74, 6) is -0.751. The number of fused-ring (bicyclic) bond motifs is 3. The van der Waals surface area contributed by atoms with Crippen molar-refractivity contribution in [3.8, 4) is 23.0 Å². The van der Waals surface area contributed by atoms with Crippen LogP contribution in [0.4, 0.5) is 14.6 Å². The molecule has 9 nitrogen and oxygen atoms in total. The van der Waals surface area contributed by atoms with Crippen LogP contribution in [0.1, 0.15) is 51.5 Å². The molecule has 2 aromatic heterocycles. The summed E-state index contributed by atoms with van der Waals surface area (Å²) in [6.45, 7) is 7.00. The Bertz CT molecular complexity index is 1820. The number of aryl methyl sites for hydroxylation is 1. The van der Waals surface area contributed by atoms with Crippen LogP contribution in [-0.4, -0.2) is 75.9 Å². The van der Waals surface area contributed by atoms with Crippen LogP contribution in [0.25, 0.3) is 32.9 Å². The molecule has 236 valence electrons. The SMILES string of the molecule is CCc1c(F)ccc2cc(O)cc(-c3ncc4c(N5CCC[C@H]5C(=O)OC)nc(OC[C@@]56CCCN5C[C@H](C)C6)nc4c3F)c12. The van der Waals surface area contributed by atoms with E-state index in [0.29, 0.717) is 59.5 Å². The van der Waals surface area contributed by atoms with E-state index in [9.17, 15) is 14.3 Å². The molecule has 11 heteroatoms. The molecule has 1 N–H and O–H groups in total. The number of halogens is 2. The van der Waals surface area contributed by atoms with Crippen molar-refractivity contribution in [1.29, 1.82) is 0 Å². The molecule has 2 aromatic carbocycles. The predicted octanol–water partition coefficient (Wildman–Crippen LogP) is 5.79.